The zero-order chi connectivity index (χ0) is 14.6. The smallest absolute Gasteiger partial charge is 0.240 e. The molecule has 4 nitrogen and oxygen atoms in total. The van der Waals surface area contributed by atoms with Gasteiger partial charge in [0, 0.05) is 12.6 Å². The zero-order valence-corrected chi connectivity index (χ0v) is 12.9. The van der Waals surface area contributed by atoms with Crippen LogP contribution >= 0.6 is 0 Å². The summed E-state index contributed by atoms with van der Waals surface area (Å²) in [7, 11) is -3.47. The first kappa shape index (κ1) is 16.1. The van der Waals surface area contributed by atoms with Crippen LogP contribution in [-0.2, 0) is 10.0 Å². The van der Waals surface area contributed by atoms with E-state index in [1.165, 1.54) is 0 Å². The lowest BCUT2D eigenvalue weighted by Gasteiger charge is -2.16. The van der Waals surface area contributed by atoms with Gasteiger partial charge in [0.2, 0.25) is 10.0 Å². The van der Waals surface area contributed by atoms with Gasteiger partial charge in [-0.2, -0.15) is 0 Å². The molecule has 108 valence electrons. The molecule has 0 heterocycles. The summed E-state index contributed by atoms with van der Waals surface area (Å²) in [4.78, 5) is 0.329. The highest BCUT2D eigenvalue weighted by atomic mass is 32.2. The molecule has 0 saturated heterocycles. The van der Waals surface area contributed by atoms with Crippen LogP contribution in [0.3, 0.4) is 0 Å². The van der Waals surface area contributed by atoms with Gasteiger partial charge in [0.1, 0.15) is 0 Å². The second-order valence-electron chi connectivity index (χ2n) is 5.51. The summed E-state index contributed by atoms with van der Waals surface area (Å²) in [5.41, 5.74) is 7.70. The lowest BCUT2D eigenvalue weighted by atomic mass is 10.1. The molecule has 3 N–H and O–H groups in total. The molecule has 1 atom stereocenters. The molecule has 0 aliphatic rings. The van der Waals surface area contributed by atoms with Crippen LogP contribution in [0.25, 0.3) is 0 Å². The van der Waals surface area contributed by atoms with E-state index in [1.54, 1.807) is 19.1 Å². The van der Waals surface area contributed by atoms with Crippen LogP contribution < -0.4 is 10.5 Å². The molecule has 19 heavy (non-hydrogen) atoms. The standard InChI is InChI=1S/C14H24N2O2S/c1-10(2)7-13(15)9-16-19(17,18)14-6-5-11(3)8-12(14)4/h5-6,8,10,13,16H,7,9,15H2,1-4H3. The van der Waals surface area contributed by atoms with Crippen molar-refractivity contribution in [1.29, 1.82) is 0 Å². The summed E-state index contributed by atoms with van der Waals surface area (Å²) < 4.78 is 27.0. The SMILES string of the molecule is Cc1ccc(S(=O)(=O)NCC(N)CC(C)C)c(C)c1. The van der Waals surface area contributed by atoms with Crippen molar-refractivity contribution in [2.75, 3.05) is 6.54 Å². The Morgan fingerprint density at radius 1 is 1.26 bits per heavy atom. The minimum atomic E-state index is -3.47. The Morgan fingerprint density at radius 3 is 2.42 bits per heavy atom. The Bertz CT molecular complexity index is 524. The number of hydrogen-bond acceptors (Lipinski definition) is 3. The number of benzene rings is 1. The highest BCUT2D eigenvalue weighted by Crippen LogP contribution is 2.16. The molecule has 0 aromatic heterocycles. The predicted octanol–water partition coefficient (Wildman–Crippen LogP) is 1.96. The summed E-state index contributed by atoms with van der Waals surface area (Å²) >= 11 is 0. The number of nitrogens with two attached hydrogens (primary N) is 1. The first-order valence-electron chi connectivity index (χ1n) is 6.55. The Kier molecular flexibility index (Phi) is 5.52. The van der Waals surface area contributed by atoms with E-state index in [0.29, 0.717) is 10.8 Å². The van der Waals surface area contributed by atoms with E-state index in [0.717, 1.165) is 17.5 Å². The number of aryl methyl sites for hydroxylation is 2. The molecule has 0 bridgehead atoms. The molecule has 0 amide bonds. The Hall–Kier alpha value is -0.910. The Labute approximate surface area is 116 Å². The summed E-state index contributed by atoms with van der Waals surface area (Å²) in [6.45, 7) is 8.15. The molecular formula is C14H24N2O2S. The van der Waals surface area contributed by atoms with Crippen LogP contribution in [0.15, 0.2) is 23.1 Å². The first-order valence-corrected chi connectivity index (χ1v) is 8.03. The van der Waals surface area contributed by atoms with Gasteiger partial charge >= 0.3 is 0 Å². The Balaban J connectivity index is 2.76. The molecule has 0 aliphatic carbocycles. The monoisotopic (exact) mass is 284 g/mol. The maximum atomic E-state index is 12.2. The third-order valence-corrected chi connectivity index (χ3v) is 4.51. The molecule has 1 unspecified atom stereocenters. The second kappa shape index (κ2) is 6.50. The van der Waals surface area contributed by atoms with Crippen LogP contribution in [0.1, 0.15) is 31.4 Å². The maximum Gasteiger partial charge on any atom is 0.240 e. The largest absolute Gasteiger partial charge is 0.327 e. The minimum Gasteiger partial charge on any atom is -0.327 e. The van der Waals surface area contributed by atoms with E-state index >= 15 is 0 Å². The van der Waals surface area contributed by atoms with Gasteiger partial charge in [-0.1, -0.05) is 31.5 Å². The third-order valence-electron chi connectivity index (χ3n) is 2.93. The van der Waals surface area contributed by atoms with Gasteiger partial charge in [-0.3, -0.25) is 0 Å². The average Bonchev–Trinajstić information content (AvgIpc) is 2.25. The molecule has 0 radical (unpaired) electrons. The topological polar surface area (TPSA) is 72.2 Å². The van der Waals surface area contributed by atoms with Crippen molar-refractivity contribution in [3.05, 3.63) is 29.3 Å². The predicted molar refractivity (Wildman–Crippen MR) is 78.5 cm³/mol. The van der Waals surface area contributed by atoms with Crippen molar-refractivity contribution < 1.29 is 8.42 Å². The zero-order valence-electron chi connectivity index (χ0n) is 12.1. The fourth-order valence-corrected chi connectivity index (χ4v) is 3.40. The van der Waals surface area contributed by atoms with Gasteiger partial charge in [0.15, 0.2) is 0 Å². The lowest BCUT2D eigenvalue weighted by molar-refractivity contribution is 0.485. The quantitative estimate of drug-likeness (QED) is 0.838. The van der Waals surface area contributed by atoms with Crippen LogP contribution in [-0.4, -0.2) is 21.0 Å². The highest BCUT2D eigenvalue weighted by Gasteiger charge is 2.17. The molecule has 0 fully saturated rings. The molecule has 1 aromatic rings. The van der Waals surface area contributed by atoms with E-state index in [1.807, 2.05) is 13.0 Å². The van der Waals surface area contributed by atoms with Crippen molar-refractivity contribution in [3.63, 3.8) is 0 Å². The molecule has 0 aliphatic heterocycles. The fraction of sp³-hybridized carbons (Fsp3) is 0.571. The summed E-state index contributed by atoms with van der Waals surface area (Å²) in [5, 5.41) is 0. The lowest BCUT2D eigenvalue weighted by Crippen LogP contribution is -2.38. The van der Waals surface area contributed by atoms with Gasteiger partial charge in [0.05, 0.1) is 4.90 Å². The van der Waals surface area contributed by atoms with Crippen LogP contribution in [0.5, 0.6) is 0 Å². The summed E-state index contributed by atoms with van der Waals surface area (Å²) in [5.74, 6) is 0.459. The second-order valence-corrected chi connectivity index (χ2v) is 7.25. The van der Waals surface area contributed by atoms with E-state index in [2.05, 4.69) is 18.6 Å². The number of rotatable bonds is 6. The van der Waals surface area contributed by atoms with Crippen molar-refractivity contribution in [2.45, 2.75) is 45.1 Å². The number of sulfonamides is 1. The van der Waals surface area contributed by atoms with E-state index < -0.39 is 10.0 Å². The van der Waals surface area contributed by atoms with E-state index in [4.69, 9.17) is 5.73 Å². The molecule has 1 rings (SSSR count). The van der Waals surface area contributed by atoms with Crippen LogP contribution in [0.2, 0.25) is 0 Å². The minimum absolute atomic E-state index is 0.152. The van der Waals surface area contributed by atoms with Gasteiger partial charge in [-0.15, -0.1) is 0 Å². The number of hydrogen-bond donors (Lipinski definition) is 2. The summed E-state index contributed by atoms with van der Waals surface area (Å²) in [6.07, 6.45) is 0.801. The van der Waals surface area contributed by atoms with Gasteiger partial charge in [-0.25, -0.2) is 13.1 Å². The van der Waals surface area contributed by atoms with Crippen molar-refractivity contribution in [2.24, 2.45) is 11.7 Å². The van der Waals surface area contributed by atoms with E-state index in [9.17, 15) is 8.42 Å². The Morgan fingerprint density at radius 2 is 1.89 bits per heavy atom. The molecule has 0 spiro atoms. The maximum absolute atomic E-state index is 12.2. The van der Waals surface area contributed by atoms with Gasteiger partial charge in [0.25, 0.3) is 0 Å². The normalized spacial score (nSPS) is 13.8. The molecule has 0 saturated carbocycles. The van der Waals surface area contributed by atoms with Crippen LogP contribution in [0.4, 0.5) is 0 Å². The fourth-order valence-electron chi connectivity index (χ4n) is 2.08. The average molecular weight is 284 g/mol. The number of nitrogens with one attached hydrogen (secondary N) is 1. The van der Waals surface area contributed by atoms with Crippen LogP contribution in [0, 0.1) is 19.8 Å². The summed E-state index contributed by atoms with van der Waals surface area (Å²) in [6, 6.07) is 5.15. The van der Waals surface area contributed by atoms with E-state index in [-0.39, 0.29) is 12.6 Å². The first-order chi connectivity index (χ1) is 8.72. The highest BCUT2D eigenvalue weighted by molar-refractivity contribution is 7.89. The molecule has 1 aromatic carbocycles. The van der Waals surface area contributed by atoms with Crippen molar-refractivity contribution in [1.82, 2.24) is 4.72 Å². The van der Waals surface area contributed by atoms with Gasteiger partial charge in [-0.05, 0) is 37.8 Å². The molecular weight excluding hydrogens is 260 g/mol. The third kappa shape index (κ3) is 4.93. The van der Waals surface area contributed by atoms with Gasteiger partial charge < -0.3 is 5.73 Å². The van der Waals surface area contributed by atoms with Crippen molar-refractivity contribution >= 4 is 10.0 Å². The van der Waals surface area contributed by atoms with Crippen molar-refractivity contribution in [3.8, 4) is 0 Å². The molecule has 5 heteroatoms.